The Morgan fingerprint density at radius 1 is 1.00 bits per heavy atom. The molecule has 1 aromatic carbocycles. The highest BCUT2D eigenvalue weighted by atomic mass is 32.1. The monoisotopic (exact) mass is 416 g/mol. The van der Waals surface area contributed by atoms with Gasteiger partial charge in [0.1, 0.15) is 0 Å². The fourth-order valence-electron chi connectivity index (χ4n) is 2.58. The van der Waals surface area contributed by atoms with Gasteiger partial charge < -0.3 is 15.0 Å². The fraction of sp³-hybridized carbons (Fsp3) is 0.333. The van der Waals surface area contributed by atoms with Crippen molar-refractivity contribution >= 4 is 40.6 Å². The molecule has 29 heavy (non-hydrogen) atoms. The lowest BCUT2D eigenvalue weighted by Gasteiger charge is -2.18. The van der Waals surface area contributed by atoms with E-state index >= 15 is 0 Å². The first kappa shape index (κ1) is 22.3. The van der Waals surface area contributed by atoms with E-state index in [0.29, 0.717) is 29.2 Å². The highest BCUT2D eigenvalue weighted by Gasteiger charge is 2.14. The minimum Gasteiger partial charge on any atom is -0.456 e. The highest BCUT2D eigenvalue weighted by Crippen LogP contribution is 2.13. The molecule has 7 nitrogen and oxygen atoms in total. The summed E-state index contributed by atoms with van der Waals surface area (Å²) in [5.74, 6) is -1.30. The quantitative estimate of drug-likeness (QED) is 0.473. The maximum atomic E-state index is 12.3. The van der Waals surface area contributed by atoms with Crippen molar-refractivity contribution in [1.82, 2.24) is 4.90 Å². The zero-order valence-corrected chi connectivity index (χ0v) is 17.3. The van der Waals surface area contributed by atoms with Crippen LogP contribution in [0.1, 0.15) is 46.7 Å². The third-order valence-electron chi connectivity index (χ3n) is 4.18. The van der Waals surface area contributed by atoms with Crippen molar-refractivity contribution in [1.29, 1.82) is 0 Å². The van der Waals surface area contributed by atoms with Gasteiger partial charge in [0.25, 0.3) is 11.8 Å². The molecule has 0 radical (unpaired) electrons. The smallest absolute Gasteiger partial charge is 0.306 e. The van der Waals surface area contributed by atoms with E-state index in [9.17, 15) is 19.2 Å². The maximum absolute atomic E-state index is 12.3. The SMILES string of the molecule is CCN(CC)C(=O)c1ccc(NC(=O)COC(=O)CCC(=O)c2cccs2)cc1. The highest BCUT2D eigenvalue weighted by molar-refractivity contribution is 7.12. The lowest BCUT2D eigenvalue weighted by Crippen LogP contribution is -2.30. The molecule has 0 unspecified atom stereocenters. The van der Waals surface area contributed by atoms with E-state index in [2.05, 4.69) is 5.32 Å². The van der Waals surface area contributed by atoms with Gasteiger partial charge in [0.2, 0.25) is 0 Å². The van der Waals surface area contributed by atoms with Crippen LogP contribution in [0.2, 0.25) is 0 Å². The summed E-state index contributed by atoms with van der Waals surface area (Å²) in [4.78, 5) is 50.1. The van der Waals surface area contributed by atoms with Crippen molar-refractivity contribution in [2.75, 3.05) is 25.0 Å². The van der Waals surface area contributed by atoms with Crippen LogP contribution in [0.25, 0.3) is 0 Å². The van der Waals surface area contributed by atoms with Crippen molar-refractivity contribution < 1.29 is 23.9 Å². The Morgan fingerprint density at radius 2 is 1.69 bits per heavy atom. The van der Waals surface area contributed by atoms with E-state index in [0.717, 1.165) is 0 Å². The Morgan fingerprint density at radius 3 is 2.28 bits per heavy atom. The summed E-state index contributed by atoms with van der Waals surface area (Å²) in [5.41, 5.74) is 1.03. The third kappa shape index (κ3) is 6.83. The number of ketones is 1. The molecule has 1 heterocycles. The van der Waals surface area contributed by atoms with E-state index < -0.39 is 18.5 Å². The van der Waals surface area contributed by atoms with Gasteiger partial charge in [-0.25, -0.2) is 0 Å². The zero-order valence-electron chi connectivity index (χ0n) is 16.5. The predicted octanol–water partition coefficient (Wildman–Crippen LogP) is 3.37. The Balaban J connectivity index is 1.75. The standard InChI is InChI=1S/C21H24N2O5S/c1-3-23(4-2)21(27)15-7-9-16(10-8-15)22-19(25)14-28-20(26)12-11-17(24)18-6-5-13-29-18/h5-10,13H,3-4,11-12,14H2,1-2H3,(H,22,25). The number of ether oxygens (including phenoxy) is 1. The normalized spacial score (nSPS) is 10.3. The summed E-state index contributed by atoms with van der Waals surface area (Å²) >= 11 is 1.32. The molecule has 1 N–H and O–H groups in total. The molecule has 0 fully saturated rings. The molecule has 8 heteroatoms. The molecule has 0 aliphatic carbocycles. The molecule has 0 saturated heterocycles. The zero-order chi connectivity index (χ0) is 21.2. The number of Topliss-reactive ketones (excluding diaryl/α,β-unsaturated/α-hetero) is 1. The van der Waals surface area contributed by atoms with Crippen LogP contribution in [0.3, 0.4) is 0 Å². The number of thiophene rings is 1. The average Bonchev–Trinajstić information content (AvgIpc) is 3.27. The van der Waals surface area contributed by atoms with Crippen LogP contribution in [-0.4, -0.2) is 48.2 Å². The molecule has 0 aliphatic rings. The van der Waals surface area contributed by atoms with Crippen LogP contribution < -0.4 is 5.32 Å². The number of esters is 1. The van der Waals surface area contributed by atoms with E-state index in [4.69, 9.17) is 4.74 Å². The van der Waals surface area contributed by atoms with E-state index in [1.165, 1.54) is 11.3 Å². The maximum Gasteiger partial charge on any atom is 0.306 e. The van der Waals surface area contributed by atoms with Crippen LogP contribution >= 0.6 is 11.3 Å². The van der Waals surface area contributed by atoms with Crippen molar-refractivity contribution in [3.05, 3.63) is 52.2 Å². The Bertz CT molecular complexity index is 842. The summed E-state index contributed by atoms with van der Waals surface area (Å²) in [6.45, 7) is 4.63. The molecule has 0 spiro atoms. The first-order valence-electron chi connectivity index (χ1n) is 9.36. The molecular weight excluding hydrogens is 392 g/mol. The second kappa shape index (κ2) is 11.1. The van der Waals surface area contributed by atoms with E-state index in [1.807, 2.05) is 13.8 Å². The number of nitrogens with one attached hydrogen (secondary N) is 1. The largest absolute Gasteiger partial charge is 0.456 e. The number of carbonyl (C=O) groups excluding carboxylic acids is 4. The van der Waals surface area contributed by atoms with Gasteiger partial charge in [-0.1, -0.05) is 6.07 Å². The summed E-state index contributed by atoms with van der Waals surface area (Å²) < 4.78 is 4.91. The molecule has 0 atom stereocenters. The van der Waals surface area contributed by atoms with Gasteiger partial charge in [-0.3, -0.25) is 19.2 Å². The fourth-order valence-corrected chi connectivity index (χ4v) is 3.28. The van der Waals surface area contributed by atoms with Gasteiger partial charge in [0.15, 0.2) is 12.4 Å². The molecule has 0 aliphatic heterocycles. The van der Waals surface area contributed by atoms with Crippen molar-refractivity contribution in [2.45, 2.75) is 26.7 Å². The lowest BCUT2D eigenvalue weighted by molar-refractivity contribution is -0.147. The molecule has 1 aromatic heterocycles. The Labute approximate surface area is 173 Å². The topological polar surface area (TPSA) is 92.8 Å². The van der Waals surface area contributed by atoms with Crippen LogP contribution in [0.4, 0.5) is 5.69 Å². The second-order valence-electron chi connectivity index (χ2n) is 6.16. The van der Waals surface area contributed by atoms with Crippen molar-refractivity contribution in [2.24, 2.45) is 0 Å². The van der Waals surface area contributed by atoms with E-state index in [-0.39, 0.29) is 24.5 Å². The average molecular weight is 416 g/mol. The number of benzene rings is 1. The summed E-state index contributed by atoms with van der Waals surface area (Å²) in [6.07, 6.45) is -0.0326. The molecule has 2 amide bonds. The summed E-state index contributed by atoms with van der Waals surface area (Å²) in [6, 6.07) is 9.99. The minimum absolute atomic E-state index is 0.0446. The molecule has 0 saturated carbocycles. The number of amides is 2. The predicted molar refractivity (Wildman–Crippen MR) is 111 cm³/mol. The minimum atomic E-state index is -0.606. The number of nitrogens with zero attached hydrogens (tertiary/aromatic N) is 1. The molecule has 2 aromatic rings. The number of carbonyl (C=O) groups is 4. The van der Waals surface area contributed by atoms with Gasteiger partial charge in [0, 0.05) is 30.8 Å². The van der Waals surface area contributed by atoms with Crippen LogP contribution in [0.15, 0.2) is 41.8 Å². The number of rotatable bonds is 10. The van der Waals surface area contributed by atoms with Crippen LogP contribution in [-0.2, 0) is 14.3 Å². The van der Waals surface area contributed by atoms with Crippen LogP contribution in [0, 0.1) is 0 Å². The third-order valence-corrected chi connectivity index (χ3v) is 5.09. The summed E-state index contributed by atoms with van der Waals surface area (Å²) in [5, 5.41) is 4.40. The Kier molecular flexibility index (Phi) is 8.54. The second-order valence-corrected chi connectivity index (χ2v) is 7.11. The van der Waals surface area contributed by atoms with Gasteiger partial charge in [-0.05, 0) is 49.6 Å². The Hall–Kier alpha value is -3.00. The summed E-state index contributed by atoms with van der Waals surface area (Å²) in [7, 11) is 0. The molecule has 0 bridgehead atoms. The van der Waals surface area contributed by atoms with Crippen LogP contribution in [0.5, 0.6) is 0 Å². The molecular formula is C21H24N2O5S. The van der Waals surface area contributed by atoms with Gasteiger partial charge in [-0.15, -0.1) is 11.3 Å². The van der Waals surface area contributed by atoms with Gasteiger partial charge in [-0.2, -0.15) is 0 Å². The number of hydrogen-bond acceptors (Lipinski definition) is 6. The number of anilines is 1. The number of hydrogen-bond donors (Lipinski definition) is 1. The van der Waals surface area contributed by atoms with E-state index in [1.54, 1.807) is 46.7 Å². The first-order valence-corrected chi connectivity index (χ1v) is 10.2. The van der Waals surface area contributed by atoms with Gasteiger partial charge >= 0.3 is 5.97 Å². The molecule has 2 rings (SSSR count). The van der Waals surface area contributed by atoms with Crippen molar-refractivity contribution in [3.63, 3.8) is 0 Å². The van der Waals surface area contributed by atoms with Crippen molar-refractivity contribution in [3.8, 4) is 0 Å². The first-order chi connectivity index (χ1) is 13.9. The molecule has 154 valence electrons. The van der Waals surface area contributed by atoms with Gasteiger partial charge in [0.05, 0.1) is 11.3 Å². The lowest BCUT2D eigenvalue weighted by atomic mass is 10.2.